The Morgan fingerprint density at radius 1 is 1.57 bits per heavy atom. The highest BCUT2D eigenvalue weighted by molar-refractivity contribution is 5.46. The average molecular weight is 196 g/mol. The molecule has 1 atom stereocenters. The quantitative estimate of drug-likeness (QED) is 0.638. The molecular weight excluding hydrogens is 187 g/mol. The molecule has 14 heavy (non-hydrogen) atoms. The van der Waals surface area contributed by atoms with Crippen LogP contribution >= 0.6 is 0 Å². The Kier molecular flexibility index (Phi) is 3.02. The van der Waals surface area contributed by atoms with Gasteiger partial charge in [0.25, 0.3) is 0 Å². The van der Waals surface area contributed by atoms with E-state index in [-0.39, 0.29) is 17.7 Å². The summed E-state index contributed by atoms with van der Waals surface area (Å²) in [6.45, 7) is -0.0743. The van der Waals surface area contributed by atoms with Crippen LogP contribution in [0.4, 0.5) is 4.39 Å². The van der Waals surface area contributed by atoms with Gasteiger partial charge in [0.2, 0.25) is 0 Å². The topological polar surface area (TPSA) is 90.3 Å². The Balaban J connectivity index is 3.24. The number of nitrogens with zero attached hydrogens (tertiary/aromatic N) is 1. The molecule has 1 unspecified atom stereocenters. The van der Waals surface area contributed by atoms with Crippen molar-refractivity contribution in [2.24, 2.45) is 5.73 Å². The van der Waals surface area contributed by atoms with E-state index in [1.807, 2.05) is 0 Å². The summed E-state index contributed by atoms with van der Waals surface area (Å²) >= 11 is 0. The first kappa shape index (κ1) is 10.4. The maximum atomic E-state index is 13.0. The molecule has 0 aliphatic carbocycles. The van der Waals surface area contributed by atoms with Crippen molar-refractivity contribution < 1.29 is 14.6 Å². The zero-order chi connectivity index (χ0) is 10.7. The van der Waals surface area contributed by atoms with E-state index in [4.69, 9.17) is 16.1 Å². The van der Waals surface area contributed by atoms with E-state index in [0.29, 0.717) is 0 Å². The molecule has 0 bridgehead atoms. The Bertz CT molecular complexity index is 387. The second-order valence-electron chi connectivity index (χ2n) is 2.76. The number of aliphatic hydroxyl groups excluding tert-OH is 1. The molecule has 0 saturated heterocycles. The molecule has 0 aliphatic rings. The molecule has 0 fully saturated rings. The van der Waals surface area contributed by atoms with Crippen molar-refractivity contribution in [3.8, 4) is 11.8 Å². The van der Waals surface area contributed by atoms with Crippen molar-refractivity contribution >= 4 is 0 Å². The molecule has 0 aromatic heterocycles. The van der Waals surface area contributed by atoms with Crippen LogP contribution in [-0.4, -0.2) is 16.8 Å². The number of aliphatic hydroxyl groups is 1. The molecule has 74 valence electrons. The lowest BCUT2D eigenvalue weighted by Crippen LogP contribution is -2.11. The molecule has 1 aromatic rings. The van der Waals surface area contributed by atoms with Crippen LogP contribution in [0.1, 0.15) is 17.2 Å². The minimum Gasteiger partial charge on any atom is -0.504 e. The Labute approximate surface area is 80.0 Å². The summed E-state index contributed by atoms with van der Waals surface area (Å²) in [5.74, 6) is -1.65. The van der Waals surface area contributed by atoms with Crippen molar-refractivity contribution in [1.82, 2.24) is 0 Å². The van der Waals surface area contributed by atoms with Gasteiger partial charge in [0, 0.05) is 6.54 Å². The number of hydrogen-bond donors (Lipinski definition) is 3. The van der Waals surface area contributed by atoms with E-state index in [0.717, 1.165) is 6.07 Å². The van der Waals surface area contributed by atoms with Gasteiger partial charge in [-0.25, -0.2) is 4.39 Å². The van der Waals surface area contributed by atoms with Gasteiger partial charge in [0.15, 0.2) is 11.6 Å². The molecule has 1 aromatic carbocycles. The largest absolute Gasteiger partial charge is 0.504 e. The lowest BCUT2D eigenvalue weighted by molar-refractivity contribution is 0.186. The lowest BCUT2D eigenvalue weighted by Gasteiger charge is -2.09. The summed E-state index contributed by atoms with van der Waals surface area (Å²) in [7, 11) is 0. The van der Waals surface area contributed by atoms with Crippen LogP contribution in [0, 0.1) is 17.1 Å². The van der Waals surface area contributed by atoms with Crippen LogP contribution in [0.25, 0.3) is 0 Å². The summed E-state index contributed by atoms with van der Waals surface area (Å²) in [6, 6.07) is 3.77. The van der Waals surface area contributed by atoms with E-state index in [2.05, 4.69) is 0 Å². The first-order chi connectivity index (χ1) is 6.60. The molecule has 5 heteroatoms. The monoisotopic (exact) mass is 196 g/mol. The molecular formula is C9H9FN2O2. The van der Waals surface area contributed by atoms with Crippen molar-refractivity contribution in [3.63, 3.8) is 0 Å². The van der Waals surface area contributed by atoms with Gasteiger partial charge in [-0.05, 0) is 17.7 Å². The summed E-state index contributed by atoms with van der Waals surface area (Å²) < 4.78 is 13.0. The van der Waals surface area contributed by atoms with Crippen molar-refractivity contribution in [1.29, 1.82) is 5.26 Å². The van der Waals surface area contributed by atoms with Gasteiger partial charge in [-0.2, -0.15) is 5.26 Å². The fraction of sp³-hybridized carbons (Fsp3) is 0.222. The molecule has 0 aliphatic heterocycles. The minimum absolute atomic E-state index is 0.0743. The number of benzene rings is 1. The summed E-state index contributed by atoms with van der Waals surface area (Å²) in [5, 5.41) is 26.9. The van der Waals surface area contributed by atoms with E-state index < -0.39 is 17.7 Å². The molecule has 0 amide bonds. The predicted molar refractivity (Wildman–Crippen MR) is 46.8 cm³/mol. The first-order valence-corrected chi connectivity index (χ1v) is 3.90. The SMILES string of the molecule is N#Cc1cc(C(O)CN)cc(F)c1O. The Morgan fingerprint density at radius 3 is 2.71 bits per heavy atom. The Hall–Kier alpha value is -1.64. The lowest BCUT2D eigenvalue weighted by atomic mass is 10.1. The number of phenolic OH excluding ortho intramolecular Hbond substituents is 1. The van der Waals surface area contributed by atoms with Gasteiger partial charge in [-0.15, -0.1) is 0 Å². The zero-order valence-corrected chi connectivity index (χ0v) is 7.24. The van der Waals surface area contributed by atoms with Gasteiger partial charge in [0.05, 0.1) is 11.7 Å². The molecule has 4 N–H and O–H groups in total. The Morgan fingerprint density at radius 2 is 2.21 bits per heavy atom. The fourth-order valence-corrected chi connectivity index (χ4v) is 1.03. The number of aromatic hydroxyl groups is 1. The minimum atomic E-state index is -1.03. The van der Waals surface area contributed by atoms with Crippen LogP contribution in [0.2, 0.25) is 0 Å². The number of hydrogen-bond acceptors (Lipinski definition) is 4. The number of nitriles is 1. The van der Waals surface area contributed by atoms with Crippen LogP contribution in [0.3, 0.4) is 0 Å². The maximum absolute atomic E-state index is 13.0. The van der Waals surface area contributed by atoms with Crippen molar-refractivity contribution in [2.45, 2.75) is 6.10 Å². The normalized spacial score (nSPS) is 12.1. The van der Waals surface area contributed by atoms with Gasteiger partial charge in [0.1, 0.15) is 6.07 Å². The summed E-state index contributed by atoms with van der Waals surface area (Å²) in [5.41, 5.74) is 5.13. The highest BCUT2D eigenvalue weighted by Crippen LogP contribution is 2.25. The average Bonchev–Trinajstić information content (AvgIpc) is 2.20. The first-order valence-electron chi connectivity index (χ1n) is 3.90. The van der Waals surface area contributed by atoms with Gasteiger partial charge < -0.3 is 15.9 Å². The third-order valence-corrected chi connectivity index (χ3v) is 1.81. The van der Waals surface area contributed by atoms with E-state index in [1.165, 1.54) is 6.07 Å². The van der Waals surface area contributed by atoms with Crippen LogP contribution < -0.4 is 5.73 Å². The van der Waals surface area contributed by atoms with Gasteiger partial charge >= 0.3 is 0 Å². The molecule has 0 spiro atoms. The van der Waals surface area contributed by atoms with E-state index in [1.54, 1.807) is 6.07 Å². The number of halogens is 1. The van der Waals surface area contributed by atoms with Crippen molar-refractivity contribution in [2.75, 3.05) is 6.54 Å². The number of nitrogens with two attached hydrogens (primary N) is 1. The molecule has 0 heterocycles. The van der Waals surface area contributed by atoms with E-state index >= 15 is 0 Å². The van der Waals surface area contributed by atoms with Crippen molar-refractivity contribution in [3.05, 3.63) is 29.1 Å². The number of phenols is 1. The van der Waals surface area contributed by atoms with Gasteiger partial charge in [-0.3, -0.25) is 0 Å². The van der Waals surface area contributed by atoms with Crippen LogP contribution in [0.5, 0.6) is 5.75 Å². The second-order valence-corrected chi connectivity index (χ2v) is 2.76. The highest BCUT2D eigenvalue weighted by Gasteiger charge is 2.13. The van der Waals surface area contributed by atoms with E-state index in [9.17, 15) is 9.50 Å². The predicted octanol–water partition coefficient (Wildman–Crippen LogP) is 0.395. The van der Waals surface area contributed by atoms with Crippen LogP contribution in [0.15, 0.2) is 12.1 Å². The standard InChI is InChI=1S/C9H9FN2O2/c10-7-2-5(8(13)4-12)1-6(3-11)9(7)14/h1-2,8,13-14H,4,12H2. The fourth-order valence-electron chi connectivity index (χ4n) is 1.03. The highest BCUT2D eigenvalue weighted by atomic mass is 19.1. The number of rotatable bonds is 2. The molecule has 1 rings (SSSR count). The third-order valence-electron chi connectivity index (χ3n) is 1.81. The maximum Gasteiger partial charge on any atom is 0.169 e. The van der Waals surface area contributed by atoms with Gasteiger partial charge in [-0.1, -0.05) is 0 Å². The molecule has 0 radical (unpaired) electrons. The third kappa shape index (κ3) is 1.82. The summed E-state index contributed by atoms with van der Waals surface area (Å²) in [4.78, 5) is 0. The summed E-state index contributed by atoms with van der Waals surface area (Å²) in [6.07, 6.45) is -1.03. The van der Waals surface area contributed by atoms with Crippen LogP contribution in [-0.2, 0) is 0 Å². The smallest absolute Gasteiger partial charge is 0.169 e. The molecule has 0 saturated carbocycles. The molecule has 4 nitrogen and oxygen atoms in total. The zero-order valence-electron chi connectivity index (χ0n) is 7.24. The second kappa shape index (κ2) is 4.05.